The van der Waals surface area contributed by atoms with Crippen LogP contribution in [0.25, 0.3) is 0 Å². The molecule has 0 aliphatic rings. The zero-order valence-electron chi connectivity index (χ0n) is 13.5. The van der Waals surface area contributed by atoms with Gasteiger partial charge < -0.3 is 14.8 Å². The first-order valence-electron chi connectivity index (χ1n) is 7.54. The Balaban J connectivity index is 2.54. The lowest BCUT2D eigenvalue weighted by atomic mass is 10.1. The fraction of sp³-hybridized carbons (Fsp3) is 0.647. The second-order valence-corrected chi connectivity index (χ2v) is 5.86. The third-order valence-electron chi connectivity index (χ3n) is 2.94. The Bertz CT molecular complexity index is 389. The zero-order valence-corrected chi connectivity index (χ0v) is 13.5. The quantitative estimate of drug-likeness (QED) is 0.701. The van der Waals surface area contributed by atoms with Crippen LogP contribution in [0.15, 0.2) is 18.2 Å². The van der Waals surface area contributed by atoms with Gasteiger partial charge in [-0.05, 0) is 38.8 Å². The average Bonchev–Trinajstić information content (AvgIpc) is 2.36. The van der Waals surface area contributed by atoms with Gasteiger partial charge in [0, 0.05) is 12.1 Å². The number of aryl methyl sites for hydroxylation is 1. The number of hydrogen-bond donors (Lipinski definition) is 1. The summed E-state index contributed by atoms with van der Waals surface area (Å²) in [6, 6.07) is 6.29. The van der Waals surface area contributed by atoms with Crippen molar-refractivity contribution < 1.29 is 9.47 Å². The first-order chi connectivity index (χ1) is 9.50. The van der Waals surface area contributed by atoms with E-state index in [0.717, 1.165) is 18.8 Å². The Morgan fingerprint density at radius 3 is 2.50 bits per heavy atom. The van der Waals surface area contributed by atoms with Gasteiger partial charge in [0.05, 0.1) is 12.7 Å². The largest absolute Gasteiger partial charge is 0.491 e. The van der Waals surface area contributed by atoms with Gasteiger partial charge in [0.25, 0.3) is 0 Å². The SMILES string of the molecule is Cc1cccc(CNCC(C)C)c1OCCOC(C)C. The minimum atomic E-state index is 0.252. The van der Waals surface area contributed by atoms with Crippen molar-refractivity contribution in [2.45, 2.75) is 47.3 Å². The van der Waals surface area contributed by atoms with Crippen molar-refractivity contribution in [1.29, 1.82) is 0 Å². The van der Waals surface area contributed by atoms with Gasteiger partial charge in [-0.2, -0.15) is 0 Å². The molecule has 0 aliphatic heterocycles. The highest BCUT2D eigenvalue weighted by Crippen LogP contribution is 2.23. The summed E-state index contributed by atoms with van der Waals surface area (Å²) in [6.07, 6.45) is 0.252. The molecule has 114 valence electrons. The van der Waals surface area contributed by atoms with Gasteiger partial charge in [0.1, 0.15) is 12.4 Å². The number of ether oxygens (including phenoxy) is 2. The van der Waals surface area contributed by atoms with Crippen molar-refractivity contribution in [1.82, 2.24) is 5.32 Å². The van der Waals surface area contributed by atoms with Gasteiger partial charge in [-0.15, -0.1) is 0 Å². The molecule has 0 amide bonds. The summed E-state index contributed by atoms with van der Waals surface area (Å²) in [5.74, 6) is 1.65. The van der Waals surface area contributed by atoms with E-state index in [9.17, 15) is 0 Å². The standard InChI is InChI=1S/C17H29NO2/c1-13(2)11-18-12-16-8-6-7-15(5)17(16)20-10-9-19-14(3)4/h6-8,13-14,18H,9-12H2,1-5H3. The average molecular weight is 279 g/mol. The molecule has 0 atom stereocenters. The monoisotopic (exact) mass is 279 g/mol. The molecule has 0 aliphatic carbocycles. The summed E-state index contributed by atoms with van der Waals surface area (Å²) >= 11 is 0. The van der Waals surface area contributed by atoms with Crippen molar-refractivity contribution >= 4 is 0 Å². The smallest absolute Gasteiger partial charge is 0.126 e. The lowest BCUT2D eigenvalue weighted by Gasteiger charge is -2.16. The van der Waals surface area contributed by atoms with E-state index in [-0.39, 0.29) is 6.10 Å². The molecule has 3 nitrogen and oxygen atoms in total. The van der Waals surface area contributed by atoms with Crippen LogP contribution in [-0.4, -0.2) is 25.9 Å². The second-order valence-electron chi connectivity index (χ2n) is 5.86. The van der Waals surface area contributed by atoms with Crippen LogP contribution < -0.4 is 10.1 Å². The van der Waals surface area contributed by atoms with E-state index < -0.39 is 0 Å². The molecule has 20 heavy (non-hydrogen) atoms. The molecular formula is C17H29NO2. The molecule has 1 N–H and O–H groups in total. The number of rotatable bonds is 9. The molecule has 0 saturated carbocycles. The molecule has 3 heteroatoms. The maximum atomic E-state index is 5.91. The molecule has 0 heterocycles. The van der Waals surface area contributed by atoms with Crippen molar-refractivity contribution in [3.8, 4) is 5.75 Å². The van der Waals surface area contributed by atoms with E-state index in [1.54, 1.807) is 0 Å². The number of hydrogen-bond acceptors (Lipinski definition) is 3. The summed E-state index contributed by atoms with van der Waals surface area (Å²) in [6.45, 7) is 13.7. The molecule has 1 rings (SSSR count). The third-order valence-corrected chi connectivity index (χ3v) is 2.94. The number of para-hydroxylation sites is 1. The van der Waals surface area contributed by atoms with Crippen molar-refractivity contribution in [3.63, 3.8) is 0 Å². The zero-order chi connectivity index (χ0) is 15.0. The Morgan fingerprint density at radius 2 is 1.85 bits per heavy atom. The molecule has 0 spiro atoms. The Labute approximate surface area is 123 Å². The van der Waals surface area contributed by atoms with Crippen LogP contribution in [0, 0.1) is 12.8 Å². The first kappa shape index (κ1) is 17.0. The van der Waals surface area contributed by atoms with E-state index in [4.69, 9.17) is 9.47 Å². The molecule has 0 radical (unpaired) electrons. The first-order valence-corrected chi connectivity index (χ1v) is 7.54. The summed E-state index contributed by atoms with van der Waals surface area (Å²) in [4.78, 5) is 0. The molecule has 0 fully saturated rings. The van der Waals surface area contributed by atoms with Crippen LogP contribution in [0.5, 0.6) is 5.75 Å². The van der Waals surface area contributed by atoms with Gasteiger partial charge in [0.2, 0.25) is 0 Å². The fourth-order valence-corrected chi connectivity index (χ4v) is 1.98. The molecule has 0 unspecified atom stereocenters. The Morgan fingerprint density at radius 1 is 1.10 bits per heavy atom. The van der Waals surface area contributed by atoms with Gasteiger partial charge in [-0.1, -0.05) is 32.0 Å². The van der Waals surface area contributed by atoms with Crippen LogP contribution in [0.4, 0.5) is 0 Å². The van der Waals surface area contributed by atoms with Gasteiger partial charge >= 0.3 is 0 Å². The number of nitrogens with one attached hydrogen (secondary N) is 1. The van der Waals surface area contributed by atoms with Gasteiger partial charge in [-0.3, -0.25) is 0 Å². The lowest BCUT2D eigenvalue weighted by molar-refractivity contribution is 0.0549. The Hall–Kier alpha value is -1.06. The van der Waals surface area contributed by atoms with Crippen molar-refractivity contribution in [2.24, 2.45) is 5.92 Å². The van der Waals surface area contributed by atoms with E-state index in [1.165, 1.54) is 11.1 Å². The summed E-state index contributed by atoms with van der Waals surface area (Å²) < 4.78 is 11.4. The van der Waals surface area contributed by atoms with Crippen LogP contribution in [0.1, 0.15) is 38.8 Å². The van der Waals surface area contributed by atoms with Crippen LogP contribution in [0.3, 0.4) is 0 Å². The minimum Gasteiger partial charge on any atom is -0.491 e. The summed E-state index contributed by atoms with van der Waals surface area (Å²) in [5, 5.41) is 3.47. The molecule has 1 aromatic carbocycles. The van der Waals surface area contributed by atoms with Crippen molar-refractivity contribution in [3.05, 3.63) is 29.3 Å². The molecular weight excluding hydrogens is 250 g/mol. The Kier molecular flexibility index (Phi) is 7.63. The highest BCUT2D eigenvalue weighted by Gasteiger charge is 2.07. The van der Waals surface area contributed by atoms with Gasteiger partial charge in [-0.25, -0.2) is 0 Å². The predicted molar refractivity (Wildman–Crippen MR) is 84.3 cm³/mol. The number of benzene rings is 1. The predicted octanol–water partition coefficient (Wildman–Crippen LogP) is 3.54. The summed E-state index contributed by atoms with van der Waals surface area (Å²) in [7, 11) is 0. The lowest BCUT2D eigenvalue weighted by Crippen LogP contribution is -2.20. The van der Waals surface area contributed by atoms with E-state index in [0.29, 0.717) is 19.1 Å². The molecule has 0 saturated heterocycles. The third kappa shape index (κ3) is 6.40. The van der Waals surface area contributed by atoms with E-state index in [2.05, 4.69) is 44.3 Å². The topological polar surface area (TPSA) is 30.5 Å². The maximum absolute atomic E-state index is 5.91. The molecule has 1 aromatic rings. The summed E-state index contributed by atoms with van der Waals surface area (Å²) in [5.41, 5.74) is 2.40. The van der Waals surface area contributed by atoms with Crippen LogP contribution >= 0.6 is 0 Å². The highest BCUT2D eigenvalue weighted by molar-refractivity contribution is 5.40. The normalized spacial score (nSPS) is 11.3. The fourth-order valence-electron chi connectivity index (χ4n) is 1.98. The van der Waals surface area contributed by atoms with Crippen LogP contribution in [0.2, 0.25) is 0 Å². The molecule has 0 bridgehead atoms. The van der Waals surface area contributed by atoms with Gasteiger partial charge in [0.15, 0.2) is 0 Å². The van der Waals surface area contributed by atoms with E-state index in [1.807, 2.05) is 13.8 Å². The molecule has 0 aromatic heterocycles. The second kappa shape index (κ2) is 8.98. The van der Waals surface area contributed by atoms with Crippen molar-refractivity contribution in [2.75, 3.05) is 19.8 Å². The highest BCUT2D eigenvalue weighted by atomic mass is 16.5. The van der Waals surface area contributed by atoms with Crippen LogP contribution in [-0.2, 0) is 11.3 Å². The van der Waals surface area contributed by atoms with E-state index >= 15 is 0 Å². The maximum Gasteiger partial charge on any atom is 0.126 e. The minimum absolute atomic E-state index is 0.252.